The predicted octanol–water partition coefficient (Wildman–Crippen LogP) is 0.424. The highest BCUT2D eigenvalue weighted by atomic mass is 32.2. The standard InChI is InChI=1S/C12H16N4O3S/c1-2-19-10(18)6-16-8-4-3-7(17)5-9(8)20-12(16)15-11(13)14/h3-5,12,17H,2,6H2,1H3,(H4,13,14,15). The van der Waals surface area contributed by atoms with Crippen LogP contribution < -0.4 is 16.4 Å². The summed E-state index contributed by atoms with van der Waals surface area (Å²) in [6.45, 7) is 2.10. The van der Waals surface area contributed by atoms with Gasteiger partial charge in [-0.05, 0) is 25.1 Å². The number of ether oxygens (including phenoxy) is 1. The van der Waals surface area contributed by atoms with Crippen molar-refractivity contribution in [3.63, 3.8) is 0 Å². The van der Waals surface area contributed by atoms with Crippen molar-refractivity contribution < 1.29 is 14.6 Å². The number of guanidine groups is 1. The molecule has 5 N–H and O–H groups in total. The van der Waals surface area contributed by atoms with E-state index in [9.17, 15) is 9.90 Å². The van der Waals surface area contributed by atoms with E-state index in [0.29, 0.717) is 6.61 Å². The number of benzene rings is 1. The summed E-state index contributed by atoms with van der Waals surface area (Å²) in [4.78, 5) is 18.3. The zero-order chi connectivity index (χ0) is 14.7. The molecule has 0 aliphatic carbocycles. The Kier molecular flexibility index (Phi) is 4.23. The Hall–Kier alpha value is -2.09. The van der Waals surface area contributed by atoms with Gasteiger partial charge in [0.25, 0.3) is 0 Å². The molecule has 2 rings (SSSR count). The summed E-state index contributed by atoms with van der Waals surface area (Å²) in [7, 11) is 0. The third-order valence-electron chi connectivity index (χ3n) is 2.62. The average Bonchev–Trinajstić information content (AvgIpc) is 2.66. The molecule has 0 saturated carbocycles. The Labute approximate surface area is 120 Å². The summed E-state index contributed by atoms with van der Waals surface area (Å²) in [5.41, 5.74) is 11.2. The molecular weight excluding hydrogens is 280 g/mol. The number of anilines is 1. The van der Waals surface area contributed by atoms with Gasteiger partial charge in [-0.1, -0.05) is 11.8 Å². The van der Waals surface area contributed by atoms with Crippen LogP contribution in [0.25, 0.3) is 0 Å². The minimum atomic E-state index is -0.443. The molecule has 0 amide bonds. The average molecular weight is 296 g/mol. The van der Waals surface area contributed by atoms with E-state index in [0.717, 1.165) is 10.6 Å². The first-order chi connectivity index (χ1) is 9.51. The van der Waals surface area contributed by atoms with Crippen LogP contribution in [0.4, 0.5) is 5.69 Å². The fraction of sp³-hybridized carbons (Fsp3) is 0.333. The normalized spacial score (nSPS) is 16.6. The number of hydrogen-bond donors (Lipinski definition) is 3. The van der Waals surface area contributed by atoms with E-state index in [1.807, 2.05) is 0 Å². The van der Waals surface area contributed by atoms with Crippen molar-refractivity contribution in [2.75, 3.05) is 18.1 Å². The highest BCUT2D eigenvalue weighted by Crippen LogP contribution is 2.45. The third kappa shape index (κ3) is 3.08. The van der Waals surface area contributed by atoms with Crippen LogP contribution in [0.1, 0.15) is 6.92 Å². The van der Waals surface area contributed by atoms with E-state index in [1.54, 1.807) is 30.0 Å². The van der Waals surface area contributed by atoms with Gasteiger partial charge in [0.05, 0.1) is 12.3 Å². The molecule has 0 spiro atoms. The van der Waals surface area contributed by atoms with Crippen LogP contribution in [0.15, 0.2) is 28.1 Å². The molecule has 8 heteroatoms. The maximum atomic E-state index is 11.7. The Balaban J connectivity index is 2.28. The third-order valence-corrected chi connectivity index (χ3v) is 3.77. The number of nitrogens with two attached hydrogens (primary N) is 2. The summed E-state index contributed by atoms with van der Waals surface area (Å²) < 4.78 is 4.95. The summed E-state index contributed by atoms with van der Waals surface area (Å²) in [6.07, 6.45) is 0. The molecule has 1 aliphatic heterocycles. The second-order valence-electron chi connectivity index (χ2n) is 4.08. The maximum absolute atomic E-state index is 11.7. The molecule has 0 bridgehead atoms. The van der Waals surface area contributed by atoms with E-state index < -0.39 is 5.50 Å². The van der Waals surface area contributed by atoms with Gasteiger partial charge in [-0.25, -0.2) is 4.99 Å². The highest BCUT2D eigenvalue weighted by Gasteiger charge is 2.32. The van der Waals surface area contributed by atoms with Crippen LogP contribution in [0.2, 0.25) is 0 Å². The summed E-state index contributed by atoms with van der Waals surface area (Å²) in [6, 6.07) is 4.88. The van der Waals surface area contributed by atoms with E-state index in [4.69, 9.17) is 16.2 Å². The van der Waals surface area contributed by atoms with Crippen LogP contribution in [0, 0.1) is 0 Å². The number of fused-ring (bicyclic) bond motifs is 1. The molecule has 1 heterocycles. The largest absolute Gasteiger partial charge is 0.508 e. The van der Waals surface area contributed by atoms with Crippen molar-refractivity contribution in [2.24, 2.45) is 16.5 Å². The number of carbonyl (C=O) groups is 1. The molecule has 1 unspecified atom stereocenters. The lowest BCUT2D eigenvalue weighted by atomic mass is 10.3. The number of rotatable bonds is 4. The first-order valence-electron chi connectivity index (χ1n) is 6.02. The summed E-state index contributed by atoms with van der Waals surface area (Å²) >= 11 is 1.36. The monoisotopic (exact) mass is 296 g/mol. The van der Waals surface area contributed by atoms with Gasteiger partial charge in [0.1, 0.15) is 12.3 Å². The van der Waals surface area contributed by atoms with Crippen LogP contribution in [0.5, 0.6) is 5.75 Å². The molecule has 1 aliphatic rings. The van der Waals surface area contributed by atoms with Crippen LogP contribution >= 0.6 is 11.8 Å². The van der Waals surface area contributed by atoms with Crippen LogP contribution in [-0.2, 0) is 9.53 Å². The van der Waals surface area contributed by atoms with Crippen molar-refractivity contribution in [2.45, 2.75) is 17.3 Å². The highest BCUT2D eigenvalue weighted by molar-refractivity contribution is 8.00. The number of phenolic OH excluding ortho intramolecular Hbond substituents is 1. The summed E-state index contributed by atoms with van der Waals surface area (Å²) in [5.74, 6) is -0.268. The molecule has 0 aromatic heterocycles. The van der Waals surface area contributed by atoms with Gasteiger partial charge in [-0.15, -0.1) is 0 Å². The van der Waals surface area contributed by atoms with E-state index in [2.05, 4.69) is 4.99 Å². The zero-order valence-corrected chi connectivity index (χ0v) is 11.8. The number of phenols is 1. The molecule has 1 aromatic rings. The van der Waals surface area contributed by atoms with E-state index in [1.165, 1.54) is 11.8 Å². The minimum absolute atomic E-state index is 0.0417. The molecule has 1 aromatic carbocycles. The second kappa shape index (κ2) is 5.91. The van der Waals surface area contributed by atoms with Gasteiger partial charge in [0.15, 0.2) is 11.5 Å². The Bertz CT molecular complexity index is 546. The first kappa shape index (κ1) is 14.3. The molecular formula is C12H16N4O3S. The van der Waals surface area contributed by atoms with Gasteiger partial charge in [-0.2, -0.15) is 0 Å². The molecule has 20 heavy (non-hydrogen) atoms. The smallest absolute Gasteiger partial charge is 0.325 e. The van der Waals surface area contributed by atoms with Crippen LogP contribution in [-0.4, -0.2) is 35.7 Å². The van der Waals surface area contributed by atoms with Crippen molar-refractivity contribution in [3.05, 3.63) is 18.2 Å². The minimum Gasteiger partial charge on any atom is -0.508 e. The SMILES string of the molecule is CCOC(=O)CN1c2ccc(O)cc2SC1N=C(N)N. The number of esters is 1. The Morgan fingerprint density at radius 1 is 1.55 bits per heavy atom. The Morgan fingerprint density at radius 3 is 2.95 bits per heavy atom. The maximum Gasteiger partial charge on any atom is 0.325 e. The second-order valence-corrected chi connectivity index (χ2v) is 5.18. The van der Waals surface area contributed by atoms with Crippen molar-refractivity contribution >= 4 is 29.4 Å². The Morgan fingerprint density at radius 2 is 2.30 bits per heavy atom. The van der Waals surface area contributed by atoms with E-state index in [-0.39, 0.29) is 24.2 Å². The van der Waals surface area contributed by atoms with Crippen molar-refractivity contribution in [3.8, 4) is 5.75 Å². The van der Waals surface area contributed by atoms with Gasteiger partial charge in [0, 0.05) is 4.90 Å². The lowest BCUT2D eigenvalue weighted by Gasteiger charge is -2.22. The van der Waals surface area contributed by atoms with E-state index >= 15 is 0 Å². The number of thioether (sulfide) groups is 1. The number of hydrogen-bond acceptors (Lipinski definition) is 6. The fourth-order valence-corrected chi connectivity index (χ4v) is 3.07. The number of aliphatic imine (C=N–C) groups is 1. The number of aromatic hydroxyl groups is 1. The van der Waals surface area contributed by atoms with Crippen LogP contribution in [0.3, 0.4) is 0 Å². The summed E-state index contributed by atoms with van der Waals surface area (Å²) in [5, 5.41) is 9.51. The molecule has 0 fully saturated rings. The van der Waals surface area contributed by atoms with Gasteiger partial charge < -0.3 is 26.2 Å². The molecule has 108 valence electrons. The lowest BCUT2D eigenvalue weighted by molar-refractivity contribution is -0.141. The van der Waals surface area contributed by atoms with Gasteiger partial charge >= 0.3 is 5.97 Å². The van der Waals surface area contributed by atoms with Crippen molar-refractivity contribution in [1.29, 1.82) is 0 Å². The zero-order valence-electron chi connectivity index (χ0n) is 10.9. The molecule has 7 nitrogen and oxygen atoms in total. The van der Waals surface area contributed by atoms with Crippen molar-refractivity contribution in [1.82, 2.24) is 0 Å². The number of carbonyl (C=O) groups excluding carboxylic acids is 1. The quantitative estimate of drug-likeness (QED) is 0.419. The van der Waals surface area contributed by atoms with Gasteiger partial charge in [-0.3, -0.25) is 4.79 Å². The lowest BCUT2D eigenvalue weighted by Crippen LogP contribution is -2.37. The predicted molar refractivity (Wildman–Crippen MR) is 77.5 cm³/mol. The first-order valence-corrected chi connectivity index (χ1v) is 6.90. The molecule has 0 saturated heterocycles. The molecule has 1 atom stereocenters. The topological polar surface area (TPSA) is 114 Å². The fourth-order valence-electron chi connectivity index (χ4n) is 1.86. The number of nitrogens with zero attached hydrogens (tertiary/aromatic N) is 2. The van der Waals surface area contributed by atoms with Gasteiger partial charge in [0.2, 0.25) is 0 Å². The molecule has 0 radical (unpaired) electrons.